The van der Waals surface area contributed by atoms with Crippen LogP contribution < -0.4 is 5.32 Å². The highest BCUT2D eigenvalue weighted by Gasteiger charge is 2.25. The third-order valence-corrected chi connectivity index (χ3v) is 5.48. The number of hydrogen-bond donors (Lipinski definition) is 1. The normalized spacial score (nSPS) is 19.5. The van der Waals surface area contributed by atoms with Crippen molar-refractivity contribution in [2.24, 2.45) is 4.40 Å². The number of hydrogen-bond acceptors (Lipinski definition) is 4. The van der Waals surface area contributed by atoms with Crippen molar-refractivity contribution in [1.29, 1.82) is 0 Å². The number of carbonyl (C=O) groups excluding carboxylic acids is 1. The van der Waals surface area contributed by atoms with E-state index in [1.54, 1.807) is 23.3 Å². The molecule has 3 rings (SSSR count). The first-order chi connectivity index (χ1) is 11.8. The van der Waals surface area contributed by atoms with Crippen LogP contribution in [0.5, 0.6) is 0 Å². The van der Waals surface area contributed by atoms with E-state index < -0.39 is 10.0 Å². The monoisotopic (exact) mass is 379 g/mol. The first-order valence-corrected chi connectivity index (χ1v) is 9.86. The number of rotatable bonds is 4. The molecule has 8 heteroatoms. The van der Waals surface area contributed by atoms with Crippen LogP contribution >= 0.6 is 11.6 Å². The van der Waals surface area contributed by atoms with Crippen LogP contribution in [0.4, 0.5) is 0 Å². The second-order valence-corrected chi connectivity index (χ2v) is 8.18. The van der Waals surface area contributed by atoms with Gasteiger partial charge in [0, 0.05) is 23.8 Å². The third-order valence-electron chi connectivity index (χ3n) is 3.95. The van der Waals surface area contributed by atoms with Gasteiger partial charge in [-0.15, -0.1) is 4.40 Å². The average Bonchev–Trinajstić information content (AvgIpc) is 2.55. The van der Waals surface area contributed by atoms with Crippen molar-refractivity contribution < 1.29 is 13.2 Å². The molecule has 2 aliphatic heterocycles. The molecule has 0 spiro atoms. The lowest BCUT2D eigenvalue weighted by Gasteiger charge is -2.27. The molecule has 0 fully saturated rings. The van der Waals surface area contributed by atoms with Gasteiger partial charge in [-0.3, -0.25) is 4.79 Å². The summed E-state index contributed by atoms with van der Waals surface area (Å²) in [6.07, 6.45) is 5.38. The minimum atomic E-state index is -3.40. The molecule has 1 atom stereocenters. The van der Waals surface area contributed by atoms with Gasteiger partial charge in [0.2, 0.25) is 0 Å². The molecule has 1 N–H and O–H groups in total. The van der Waals surface area contributed by atoms with Gasteiger partial charge in [0.15, 0.2) is 0 Å². The van der Waals surface area contributed by atoms with E-state index in [9.17, 15) is 13.2 Å². The summed E-state index contributed by atoms with van der Waals surface area (Å²) in [4.78, 5) is 14.1. The summed E-state index contributed by atoms with van der Waals surface area (Å²) in [5.74, 6) is 0.0637. The molecule has 0 unspecified atom stereocenters. The highest BCUT2D eigenvalue weighted by Crippen LogP contribution is 2.18. The van der Waals surface area contributed by atoms with E-state index in [0.717, 1.165) is 5.56 Å². The fourth-order valence-electron chi connectivity index (χ4n) is 2.69. The van der Waals surface area contributed by atoms with Crippen molar-refractivity contribution >= 4 is 33.4 Å². The zero-order valence-corrected chi connectivity index (χ0v) is 15.2. The summed E-state index contributed by atoms with van der Waals surface area (Å²) in [5.41, 5.74) is 1.44. The number of carbonyl (C=O) groups is 1. The van der Waals surface area contributed by atoms with E-state index in [2.05, 4.69) is 9.71 Å². The molecule has 6 nitrogen and oxygen atoms in total. The largest absolute Gasteiger partial charge is 0.349 e. The van der Waals surface area contributed by atoms with Crippen LogP contribution in [0, 0.1) is 0 Å². The lowest BCUT2D eigenvalue weighted by atomic mass is 10.1. The Hall–Kier alpha value is -2.12. The number of amidine groups is 1. The number of amides is 1. The summed E-state index contributed by atoms with van der Waals surface area (Å²) in [5, 5.41) is 3.61. The minimum Gasteiger partial charge on any atom is -0.349 e. The molecule has 1 aromatic carbocycles. The van der Waals surface area contributed by atoms with Crippen LogP contribution in [0.3, 0.4) is 0 Å². The molecule has 0 radical (unpaired) electrons. The highest BCUT2D eigenvalue weighted by atomic mass is 35.5. The van der Waals surface area contributed by atoms with Gasteiger partial charge >= 0.3 is 0 Å². The minimum absolute atomic E-state index is 0.0569. The number of benzene rings is 1. The van der Waals surface area contributed by atoms with Crippen molar-refractivity contribution in [3.8, 4) is 0 Å². The van der Waals surface area contributed by atoms with Gasteiger partial charge in [-0.25, -0.2) is 8.42 Å². The second-order valence-electron chi connectivity index (χ2n) is 6.02. The summed E-state index contributed by atoms with van der Waals surface area (Å²) < 4.78 is 26.7. The Morgan fingerprint density at radius 2 is 2.12 bits per heavy atom. The molecule has 2 aliphatic rings. The number of halogens is 1. The summed E-state index contributed by atoms with van der Waals surface area (Å²) in [6, 6.07) is 7.43. The number of sulfonamides is 1. The maximum absolute atomic E-state index is 12.4. The fraction of sp³-hybridized carbons (Fsp3) is 0.294. The molecule has 25 heavy (non-hydrogen) atoms. The van der Waals surface area contributed by atoms with Crippen LogP contribution in [0.25, 0.3) is 0 Å². The van der Waals surface area contributed by atoms with Gasteiger partial charge in [0.1, 0.15) is 5.84 Å². The van der Waals surface area contributed by atoms with Crippen molar-refractivity contribution in [1.82, 2.24) is 10.2 Å². The summed E-state index contributed by atoms with van der Waals surface area (Å²) in [6.45, 7) is 2.20. The van der Waals surface area contributed by atoms with Crippen molar-refractivity contribution in [2.45, 2.75) is 19.4 Å². The predicted molar refractivity (Wildman–Crippen MR) is 97.9 cm³/mol. The topological polar surface area (TPSA) is 78.8 Å². The second kappa shape index (κ2) is 7.01. The molecule has 1 aromatic rings. The first kappa shape index (κ1) is 17.7. The molecule has 0 aliphatic carbocycles. The predicted octanol–water partition coefficient (Wildman–Crippen LogP) is 1.88. The van der Waals surface area contributed by atoms with Crippen molar-refractivity contribution in [3.63, 3.8) is 0 Å². The lowest BCUT2D eigenvalue weighted by Crippen LogP contribution is -2.39. The van der Waals surface area contributed by atoms with Crippen LogP contribution in [0.15, 0.2) is 52.6 Å². The van der Waals surface area contributed by atoms with Crippen molar-refractivity contribution in [3.05, 3.63) is 58.8 Å². The number of fused-ring (bicyclic) bond motifs is 1. The van der Waals surface area contributed by atoms with Crippen molar-refractivity contribution in [2.75, 3.05) is 12.3 Å². The zero-order chi connectivity index (χ0) is 18.0. The molecule has 0 saturated carbocycles. The van der Waals surface area contributed by atoms with Gasteiger partial charge in [0.05, 0.1) is 11.3 Å². The number of nitrogens with one attached hydrogen (secondary N) is 1. The Bertz CT molecular complexity index is 890. The van der Waals surface area contributed by atoms with E-state index in [1.807, 2.05) is 31.2 Å². The quantitative estimate of drug-likeness (QED) is 0.866. The first-order valence-electron chi connectivity index (χ1n) is 7.87. The SMILES string of the molecule is C[C@@H](Cc1ccccc1Cl)NC(=O)C1=CN2CCS(=O)(=O)N=C2C=C1. The lowest BCUT2D eigenvalue weighted by molar-refractivity contribution is -0.117. The zero-order valence-electron chi connectivity index (χ0n) is 13.6. The summed E-state index contributed by atoms with van der Waals surface area (Å²) >= 11 is 6.15. The number of nitrogens with zero attached hydrogens (tertiary/aromatic N) is 2. The standard InChI is InChI=1S/C17H18ClN3O3S/c1-12(10-13-4-2-3-5-15(13)18)19-17(22)14-6-7-16-20-25(23,24)9-8-21(16)11-14/h2-7,11-12H,8-10H2,1H3,(H,19,22)/t12-/m0/s1. The Labute approximate surface area is 151 Å². The van der Waals surface area contributed by atoms with Gasteiger partial charge in [-0.05, 0) is 37.1 Å². The Balaban J connectivity index is 1.65. The van der Waals surface area contributed by atoms with E-state index in [4.69, 9.17) is 11.6 Å². The van der Waals surface area contributed by atoms with Gasteiger partial charge in [-0.1, -0.05) is 29.8 Å². The van der Waals surface area contributed by atoms with Crippen LogP contribution in [0.2, 0.25) is 5.02 Å². The molecule has 0 saturated heterocycles. The van der Waals surface area contributed by atoms with E-state index in [-0.39, 0.29) is 24.2 Å². The van der Waals surface area contributed by atoms with E-state index in [0.29, 0.717) is 22.9 Å². The van der Waals surface area contributed by atoms with Crippen LogP contribution in [0.1, 0.15) is 12.5 Å². The van der Waals surface area contributed by atoms with E-state index >= 15 is 0 Å². The van der Waals surface area contributed by atoms with Gasteiger partial charge < -0.3 is 10.2 Å². The smallest absolute Gasteiger partial charge is 0.256 e. The molecule has 2 heterocycles. The average molecular weight is 380 g/mol. The Morgan fingerprint density at radius 1 is 1.36 bits per heavy atom. The maximum atomic E-state index is 12.4. The summed E-state index contributed by atoms with van der Waals surface area (Å²) in [7, 11) is -3.40. The van der Waals surface area contributed by atoms with Gasteiger partial charge in [-0.2, -0.15) is 0 Å². The molecule has 132 valence electrons. The fourth-order valence-corrected chi connectivity index (χ4v) is 3.87. The maximum Gasteiger partial charge on any atom is 0.256 e. The third kappa shape index (κ3) is 4.29. The molecular weight excluding hydrogens is 362 g/mol. The van der Waals surface area contributed by atoms with E-state index in [1.165, 1.54) is 0 Å². The van der Waals surface area contributed by atoms with Gasteiger partial charge in [0.25, 0.3) is 15.9 Å². The Morgan fingerprint density at radius 3 is 2.88 bits per heavy atom. The van der Waals surface area contributed by atoms with Crippen LogP contribution in [-0.4, -0.2) is 43.4 Å². The molecule has 1 amide bonds. The highest BCUT2D eigenvalue weighted by molar-refractivity contribution is 7.90. The molecule has 0 bridgehead atoms. The molecular formula is C17H18ClN3O3S. The molecule has 0 aromatic heterocycles. The Kier molecular flexibility index (Phi) is 4.96. The van der Waals surface area contributed by atoms with Crippen LogP contribution in [-0.2, 0) is 21.2 Å².